The van der Waals surface area contributed by atoms with Gasteiger partial charge in [-0.3, -0.25) is 4.68 Å². The normalized spacial score (nSPS) is 16.7. The molecule has 0 radical (unpaired) electrons. The second-order valence-corrected chi connectivity index (χ2v) is 9.32. The third-order valence-corrected chi connectivity index (χ3v) is 7.62. The fraction of sp³-hybridized carbons (Fsp3) is 0.500. The van der Waals surface area contributed by atoms with E-state index >= 15 is 0 Å². The second kappa shape index (κ2) is 9.39. The highest BCUT2D eigenvalue weighted by molar-refractivity contribution is 7.89. The Morgan fingerprint density at radius 2 is 1.59 bits per heavy atom. The molecular formula is C18H24Cl2N4O2S. The van der Waals surface area contributed by atoms with Crippen molar-refractivity contribution < 1.29 is 8.42 Å². The van der Waals surface area contributed by atoms with Crippen molar-refractivity contribution in [1.82, 2.24) is 19.0 Å². The van der Waals surface area contributed by atoms with Gasteiger partial charge >= 0.3 is 0 Å². The molecule has 27 heavy (non-hydrogen) atoms. The van der Waals surface area contributed by atoms with Crippen LogP contribution in [0.3, 0.4) is 0 Å². The van der Waals surface area contributed by atoms with E-state index in [0.29, 0.717) is 13.1 Å². The number of unbranched alkanes of at least 4 members (excludes halogenated alkanes) is 2. The van der Waals surface area contributed by atoms with E-state index in [-0.39, 0.29) is 14.9 Å². The topological polar surface area (TPSA) is 58.4 Å². The maximum atomic E-state index is 12.9. The summed E-state index contributed by atoms with van der Waals surface area (Å²) in [4.78, 5) is 2.33. The van der Waals surface area contributed by atoms with Crippen LogP contribution < -0.4 is 0 Å². The average Bonchev–Trinajstić information content (AvgIpc) is 3.15. The molecule has 0 unspecified atom stereocenters. The Balaban J connectivity index is 1.44. The summed E-state index contributed by atoms with van der Waals surface area (Å²) in [7, 11) is -3.67. The molecule has 1 saturated heterocycles. The molecule has 1 aromatic heterocycles. The summed E-state index contributed by atoms with van der Waals surface area (Å²) in [6.07, 6.45) is 7.10. The molecule has 2 heterocycles. The van der Waals surface area contributed by atoms with Gasteiger partial charge in [-0.1, -0.05) is 35.7 Å². The summed E-state index contributed by atoms with van der Waals surface area (Å²) in [5.74, 6) is 0. The predicted octanol–water partition coefficient (Wildman–Crippen LogP) is 3.37. The van der Waals surface area contributed by atoms with Crippen molar-refractivity contribution >= 4 is 33.2 Å². The van der Waals surface area contributed by atoms with Crippen LogP contribution in [-0.2, 0) is 16.6 Å². The molecule has 9 heteroatoms. The van der Waals surface area contributed by atoms with Gasteiger partial charge < -0.3 is 4.90 Å². The lowest BCUT2D eigenvalue weighted by Crippen LogP contribution is -2.48. The van der Waals surface area contributed by atoms with Gasteiger partial charge in [0.2, 0.25) is 10.0 Å². The summed E-state index contributed by atoms with van der Waals surface area (Å²) in [5.41, 5.74) is 0. The lowest BCUT2D eigenvalue weighted by molar-refractivity contribution is 0.185. The van der Waals surface area contributed by atoms with Crippen molar-refractivity contribution in [2.75, 3.05) is 32.7 Å². The number of hydrogen-bond acceptors (Lipinski definition) is 4. The lowest BCUT2D eigenvalue weighted by Gasteiger charge is -2.34. The molecular weight excluding hydrogens is 407 g/mol. The quantitative estimate of drug-likeness (QED) is 0.602. The van der Waals surface area contributed by atoms with E-state index in [4.69, 9.17) is 23.2 Å². The van der Waals surface area contributed by atoms with E-state index in [1.54, 1.807) is 24.4 Å². The fourth-order valence-electron chi connectivity index (χ4n) is 3.27. The number of benzene rings is 1. The molecule has 1 aliphatic heterocycles. The van der Waals surface area contributed by atoms with Crippen LogP contribution in [0.2, 0.25) is 10.0 Å². The first-order valence-corrected chi connectivity index (χ1v) is 11.3. The Morgan fingerprint density at radius 3 is 2.22 bits per heavy atom. The standard InChI is InChI=1S/C18H24Cl2N4O2S/c19-16-6-4-7-17(20)18(16)27(25,26)24-14-12-22(13-15-24)9-2-1-3-10-23-11-5-8-21-23/h4-8,11H,1-3,9-10,12-15H2. The number of halogens is 2. The Labute approximate surface area is 170 Å². The van der Waals surface area contributed by atoms with Crippen molar-refractivity contribution in [3.8, 4) is 0 Å². The minimum absolute atomic E-state index is 0.0143. The molecule has 0 amide bonds. The number of piperazine rings is 1. The van der Waals surface area contributed by atoms with Crippen LogP contribution in [0.1, 0.15) is 19.3 Å². The molecule has 1 fully saturated rings. The average molecular weight is 431 g/mol. The zero-order valence-corrected chi connectivity index (χ0v) is 17.4. The van der Waals surface area contributed by atoms with Gasteiger partial charge in [0.25, 0.3) is 0 Å². The SMILES string of the molecule is O=S(=O)(c1c(Cl)cccc1Cl)N1CCN(CCCCCn2cccn2)CC1. The number of aryl methyl sites for hydroxylation is 1. The van der Waals surface area contributed by atoms with E-state index < -0.39 is 10.0 Å². The molecule has 0 N–H and O–H groups in total. The van der Waals surface area contributed by atoms with Crippen LogP contribution in [-0.4, -0.2) is 60.1 Å². The second-order valence-electron chi connectivity index (χ2n) is 6.63. The molecule has 0 spiro atoms. The molecule has 1 aromatic carbocycles. The van der Waals surface area contributed by atoms with E-state index in [1.165, 1.54) is 4.31 Å². The van der Waals surface area contributed by atoms with Crippen molar-refractivity contribution in [2.45, 2.75) is 30.7 Å². The fourth-order valence-corrected chi connectivity index (χ4v) is 5.78. The van der Waals surface area contributed by atoms with E-state index in [1.807, 2.05) is 16.9 Å². The number of sulfonamides is 1. The van der Waals surface area contributed by atoms with Crippen LogP contribution >= 0.6 is 23.2 Å². The number of aromatic nitrogens is 2. The van der Waals surface area contributed by atoms with Gasteiger partial charge in [0.1, 0.15) is 4.90 Å². The highest BCUT2D eigenvalue weighted by atomic mass is 35.5. The molecule has 0 bridgehead atoms. The van der Waals surface area contributed by atoms with Gasteiger partial charge in [0.05, 0.1) is 10.0 Å². The van der Waals surface area contributed by atoms with Crippen LogP contribution in [0, 0.1) is 0 Å². The van der Waals surface area contributed by atoms with E-state index in [0.717, 1.165) is 45.4 Å². The van der Waals surface area contributed by atoms with Gasteiger partial charge in [-0.25, -0.2) is 8.42 Å². The summed E-state index contributed by atoms with van der Waals surface area (Å²) < 4.78 is 29.2. The van der Waals surface area contributed by atoms with Crippen molar-refractivity contribution in [1.29, 1.82) is 0 Å². The molecule has 0 aliphatic carbocycles. The highest BCUT2D eigenvalue weighted by Gasteiger charge is 2.31. The summed E-state index contributed by atoms with van der Waals surface area (Å²) in [5, 5.41) is 4.53. The number of nitrogens with zero attached hydrogens (tertiary/aromatic N) is 4. The Kier molecular flexibility index (Phi) is 7.16. The first kappa shape index (κ1) is 20.6. The van der Waals surface area contributed by atoms with Crippen molar-refractivity contribution in [3.05, 3.63) is 46.7 Å². The van der Waals surface area contributed by atoms with E-state index in [9.17, 15) is 8.42 Å². The maximum absolute atomic E-state index is 12.9. The predicted molar refractivity (Wildman–Crippen MR) is 108 cm³/mol. The first-order valence-electron chi connectivity index (χ1n) is 9.12. The van der Waals surface area contributed by atoms with Crippen LogP contribution in [0.15, 0.2) is 41.6 Å². The third kappa shape index (κ3) is 5.23. The zero-order valence-electron chi connectivity index (χ0n) is 15.1. The highest BCUT2D eigenvalue weighted by Crippen LogP contribution is 2.31. The van der Waals surface area contributed by atoms with Crippen LogP contribution in [0.25, 0.3) is 0 Å². The number of hydrogen-bond donors (Lipinski definition) is 0. The third-order valence-electron chi connectivity index (χ3n) is 4.77. The van der Waals surface area contributed by atoms with E-state index in [2.05, 4.69) is 10.00 Å². The lowest BCUT2D eigenvalue weighted by atomic mass is 10.2. The largest absolute Gasteiger partial charge is 0.301 e. The molecule has 148 valence electrons. The summed E-state index contributed by atoms with van der Waals surface area (Å²) in [6, 6.07) is 6.69. The molecule has 6 nitrogen and oxygen atoms in total. The number of rotatable bonds is 8. The Bertz CT molecular complexity index is 815. The maximum Gasteiger partial charge on any atom is 0.246 e. The minimum Gasteiger partial charge on any atom is -0.301 e. The first-order chi connectivity index (χ1) is 13.0. The van der Waals surface area contributed by atoms with Gasteiger partial charge in [0, 0.05) is 45.1 Å². The van der Waals surface area contributed by atoms with Gasteiger partial charge in [-0.15, -0.1) is 0 Å². The summed E-state index contributed by atoms with van der Waals surface area (Å²) >= 11 is 12.2. The zero-order chi connectivity index (χ0) is 19.3. The summed E-state index contributed by atoms with van der Waals surface area (Å²) in [6.45, 7) is 4.28. The molecule has 1 aliphatic rings. The molecule has 0 saturated carbocycles. The smallest absolute Gasteiger partial charge is 0.246 e. The van der Waals surface area contributed by atoms with Crippen LogP contribution in [0.5, 0.6) is 0 Å². The van der Waals surface area contributed by atoms with Gasteiger partial charge in [-0.05, 0) is 37.6 Å². The van der Waals surface area contributed by atoms with Crippen molar-refractivity contribution in [3.63, 3.8) is 0 Å². The molecule has 3 rings (SSSR count). The van der Waals surface area contributed by atoms with Crippen molar-refractivity contribution in [2.24, 2.45) is 0 Å². The Hall–Kier alpha value is -1.12. The van der Waals surface area contributed by atoms with Crippen LogP contribution in [0.4, 0.5) is 0 Å². The van der Waals surface area contributed by atoms with Gasteiger partial charge in [0.15, 0.2) is 0 Å². The molecule has 0 atom stereocenters. The monoisotopic (exact) mass is 430 g/mol. The molecule has 2 aromatic rings. The minimum atomic E-state index is -3.67. The Morgan fingerprint density at radius 1 is 0.926 bits per heavy atom. The van der Waals surface area contributed by atoms with Gasteiger partial charge in [-0.2, -0.15) is 9.40 Å².